The van der Waals surface area contributed by atoms with Crippen LogP contribution in [0.15, 0.2) is 85.1 Å². The van der Waals surface area contributed by atoms with Crippen LogP contribution in [0.3, 0.4) is 0 Å². The Hall–Kier alpha value is -4.04. The summed E-state index contributed by atoms with van der Waals surface area (Å²) in [4.78, 5) is 34.6. The minimum atomic E-state index is -0.282. The maximum atomic E-state index is 13.6. The minimum Gasteiger partial charge on any atom is -0.489 e. The average molecular weight is 543 g/mol. The molecule has 2 aliphatic rings. The molecule has 2 atom stereocenters. The first-order chi connectivity index (χ1) is 19.5. The topological polar surface area (TPSA) is 74.8 Å². The molecule has 0 radical (unpaired) electrons. The van der Waals surface area contributed by atoms with Gasteiger partial charge in [-0.25, -0.2) is 4.39 Å². The van der Waals surface area contributed by atoms with Crippen LogP contribution in [0.5, 0.6) is 5.75 Å². The molecule has 1 aromatic heterocycles. The number of amides is 2. The van der Waals surface area contributed by atoms with Crippen molar-refractivity contribution in [3.05, 3.63) is 108 Å². The zero-order valence-corrected chi connectivity index (χ0v) is 22.5. The van der Waals surface area contributed by atoms with E-state index in [9.17, 15) is 14.0 Å². The molecule has 3 aromatic rings. The van der Waals surface area contributed by atoms with E-state index in [1.165, 1.54) is 12.1 Å². The van der Waals surface area contributed by atoms with Gasteiger partial charge in [-0.1, -0.05) is 48.6 Å². The number of carbonyl (C=O) groups is 2. The highest BCUT2D eigenvalue weighted by atomic mass is 19.1. The Labute approximate surface area is 234 Å². The van der Waals surface area contributed by atoms with Crippen molar-refractivity contribution in [3.63, 3.8) is 0 Å². The van der Waals surface area contributed by atoms with E-state index in [1.54, 1.807) is 18.3 Å². The Kier molecular flexibility index (Phi) is 9.18. The Morgan fingerprint density at radius 1 is 1.05 bits per heavy atom. The maximum Gasteiger partial charge on any atom is 0.236 e. The number of fused-ring (bicyclic) bond motifs is 3. The molecule has 5 rings (SSSR count). The number of rotatable bonds is 6. The van der Waals surface area contributed by atoms with Crippen molar-refractivity contribution < 1.29 is 18.7 Å². The summed E-state index contributed by atoms with van der Waals surface area (Å²) in [7, 11) is 0. The van der Waals surface area contributed by atoms with Crippen LogP contribution in [-0.2, 0) is 29.2 Å². The van der Waals surface area contributed by atoms with Crippen molar-refractivity contribution in [3.8, 4) is 5.75 Å². The van der Waals surface area contributed by atoms with Crippen molar-refractivity contribution >= 4 is 11.8 Å². The molecule has 2 bridgehead atoms. The molecule has 2 aliphatic heterocycles. The van der Waals surface area contributed by atoms with Gasteiger partial charge in [-0.05, 0) is 54.2 Å². The lowest BCUT2D eigenvalue weighted by molar-refractivity contribution is -0.135. The van der Waals surface area contributed by atoms with Gasteiger partial charge in [-0.15, -0.1) is 0 Å². The standard InChI is InChI=1S/C32H35FN4O3/c33-28-12-10-24(11-13-28)20-36-21-27-6-1-2-9-30(27)40-17-5-7-26-22-37(32(39)23-36)16-14-25(26)18-31(38)35-19-29-8-3-4-15-34-29/h1-13,15,25-26H,14,16-23H2,(H,35,38)/b7-5-/t25-,26-/m0/s1. The molecule has 3 heterocycles. The number of benzene rings is 2. The molecule has 2 aromatic carbocycles. The summed E-state index contributed by atoms with van der Waals surface area (Å²) in [6, 6.07) is 19.9. The number of ether oxygens (including phenoxy) is 1. The fourth-order valence-electron chi connectivity index (χ4n) is 5.42. The molecule has 1 N–H and O–H groups in total. The summed E-state index contributed by atoms with van der Waals surface area (Å²) >= 11 is 0. The Bertz CT molecular complexity index is 1320. The first kappa shape index (κ1) is 27.5. The number of hydrogen-bond donors (Lipinski definition) is 1. The third-order valence-corrected chi connectivity index (χ3v) is 7.56. The smallest absolute Gasteiger partial charge is 0.236 e. The van der Waals surface area contributed by atoms with Crippen molar-refractivity contribution in [1.82, 2.24) is 20.1 Å². The minimum absolute atomic E-state index is 0.0117. The summed E-state index contributed by atoms with van der Waals surface area (Å²) in [6.45, 7) is 3.24. The van der Waals surface area contributed by atoms with Crippen LogP contribution in [0.2, 0.25) is 0 Å². The zero-order valence-electron chi connectivity index (χ0n) is 22.5. The monoisotopic (exact) mass is 542 g/mol. The molecule has 0 spiro atoms. The van der Waals surface area contributed by atoms with E-state index in [-0.39, 0.29) is 36.0 Å². The van der Waals surface area contributed by atoms with Gasteiger partial charge in [0.1, 0.15) is 18.2 Å². The number of piperidine rings is 1. The van der Waals surface area contributed by atoms with Crippen LogP contribution < -0.4 is 10.1 Å². The third-order valence-electron chi connectivity index (χ3n) is 7.56. The van der Waals surface area contributed by atoms with Crippen LogP contribution in [0.1, 0.15) is 29.7 Å². The summed E-state index contributed by atoms with van der Waals surface area (Å²) in [5.74, 6) is 0.700. The lowest BCUT2D eigenvalue weighted by Crippen LogP contribution is -2.47. The SMILES string of the molecule is O=C(C[C@@H]1CCN2C[C@@H]1/C=C\COc1ccccc1CN(Cc1ccc(F)cc1)CC2=O)NCc1ccccn1. The molecule has 208 valence electrons. The van der Waals surface area contributed by atoms with Crippen LogP contribution in [0, 0.1) is 17.7 Å². The first-order valence-electron chi connectivity index (χ1n) is 13.8. The molecule has 2 amide bonds. The van der Waals surface area contributed by atoms with Crippen molar-refractivity contribution in [1.29, 1.82) is 0 Å². The number of para-hydroxylation sites is 1. The molecule has 0 unspecified atom stereocenters. The largest absolute Gasteiger partial charge is 0.489 e. The van der Waals surface area contributed by atoms with Crippen molar-refractivity contribution in [2.75, 3.05) is 26.2 Å². The lowest BCUT2D eigenvalue weighted by Gasteiger charge is -2.38. The van der Waals surface area contributed by atoms with E-state index in [0.29, 0.717) is 45.8 Å². The number of nitrogens with zero attached hydrogens (tertiary/aromatic N) is 3. The van der Waals surface area contributed by atoms with Gasteiger partial charge < -0.3 is 15.0 Å². The fourth-order valence-corrected chi connectivity index (χ4v) is 5.42. The molecule has 7 nitrogen and oxygen atoms in total. The van der Waals surface area contributed by atoms with Gasteiger partial charge in [0.05, 0.1) is 18.8 Å². The second-order valence-electron chi connectivity index (χ2n) is 10.5. The average Bonchev–Trinajstić information content (AvgIpc) is 2.97. The van der Waals surface area contributed by atoms with Gasteiger partial charge in [-0.2, -0.15) is 0 Å². The summed E-state index contributed by atoms with van der Waals surface area (Å²) < 4.78 is 19.6. The van der Waals surface area contributed by atoms with Crippen LogP contribution in [0.4, 0.5) is 4.39 Å². The molecule has 1 saturated heterocycles. The second-order valence-corrected chi connectivity index (χ2v) is 10.5. The maximum absolute atomic E-state index is 13.6. The second kappa shape index (κ2) is 13.3. The highest BCUT2D eigenvalue weighted by Crippen LogP contribution is 2.29. The third kappa shape index (κ3) is 7.54. The molecular weight excluding hydrogens is 507 g/mol. The first-order valence-corrected chi connectivity index (χ1v) is 13.8. The van der Waals surface area contributed by atoms with Gasteiger partial charge in [0, 0.05) is 44.4 Å². The van der Waals surface area contributed by atoms with E-state index >= 15 is 0 Å². The van der Waals surface area contributed by atoms with E-state index in [2.05, 4.69) is 21.3 Å². The summed E-state index contributed by atoms with van der Waals surface area (Å²) in [5.41, 5.74) is 2.75. The normalized spacial score (nSPS) is 20.7. The molecule has 0 aliphatic carbocycles. The Morgan fingerprint density at radius 2 is 1.88 bits per heavy atom. The van der Waals surface area contributed by atoms with Crippen molar-refractivity contribution in [2.45, 2.75) is 32.5 Å². The highest BCUT2D eigenvalue weighted by molar-refractivity contribution is 5.79. The zero-order chi connectivity index (χ0) is 27.7. The van der Waals surface area contributed by atoms with E-state index in [1.807, 2.05) is 53.4 Å². The van der Waals surface area contributed by atoms with Gasteiger partial charge in [-0.3, -0.25) is 19.5 Å². The van der Waals surface area contributed by atoms with Crippen LogP contribution in [-0.4, -0.2) is 52.8 Å². The molecule has 1 fully saturated rings. The number of hydrogen-bond acceptors (Lipinski definition) is 5. The molecular formula is C32H35FN4O3. The predicted molar refractivity (Wildman–Crippen MR) is 150 cm³/mol. The van der Waals surface area contributed by atoms with Crippen molar-refractivity contribution in [2.24, 2.45) is 11.8 Å². The molecule has 8 heteroatoms. The van der Waals surface area contributed by atoms with Gasteiger partial charge in [0.25, 0.3) is 0 Å². The Morgan fingerprint density at radius 3 is 2.70 bits per heavy atom. The van der Waals surface area contributed by atoms with E-state index < -0.39 is 0 Å². The summed E-state index contributed by atoms with van der Waals surface area (Å²) in [5, 5.41) is 2.99. The molecule has 0 saturated carbocycles. The Balaban J connectivity index is 1.30. The van der Waals surface area contributed by atoms with Crippen LogP contribution >= 0.6 is 0 Å². The quantitative estimate of drug-likeness (QED) is 0.469. The van der Waals surface area contributed by atoms with Gasteiger partial charge in [0.15, 0.2) is 0 Å². The number of pyridine rings is 1. The summed E-state index contributed by atoms with van der Waals surface area (Å²) in [6.07, 6.45) is 6.96. The number of nitrogens with one attached hydrogen (secondary N) is 1. The van der Waals surface area contributed by atoms with E-state index in [4.69, 9.17) is 4.74 Å². The van der Waals surface area contributed by atoms with Crippen LogP contribution in [0.25, 0.3) is 0 Å². The lowest BCUT2D eigenvalue weighted by atomic mass is 9.82. The fraction of sp³-hybridized carbons (Fsp3) is 0.344. The molecule has 40 heavy (non-hydrogen) atoms. The number of aromatic nitrogens is 1. The number of halogens is 1. The number of carbonyl (C=O) groups excluding carboxylic acids is 2. The van der Waals surface area contributed by atoms with E-state index in [0.717, 1.165) is 29.0 Å². The predicted octanol–water partition coefficient (Wildman–Crippen LogP) is 4.34. The van der Waals surface area contributed by atoms with Gasteiger partial charge >= 0.3 is 0 Å². The van der Waals surface area contributed by atoms with Gasteiger partial charge in [0.2, 0.25) is 11.8 Å². The highest BCUT2D eigenvalue weighted by Gasteiger charge is 2.32.